The van der Waals surface area contributed by atoms with Crippen molar-refractivity contribution in [3.05, 3.63) is 0 Å². The van der Waals surface area contributed by atoms with Gasteiger partial charge < -0.3 is 15.8 Å². The van der Waals surface area contributed by atoms with Crippen LogP contribution in [0.25, 0.3) is 0 Å². The van der Waals surface area contributed by atoms with Crippen LogP contribution >= 0.6 is 11.8 Å². The van der Waals surface area contributed by atoms with Gasteiger partial charge >= 0.3 is 0 Å². The fourth-order valence-corrected chi connectivity index (χ4v) is 4.06. The van der Waals surface area contributed by atoms with E-state index in [1.54, 1.807) is 7.11 Å². The zero-order chi connectivity index (χ0) is 13.7. The lowest BCUT2D eigenvalue weighted by Crippen LogP contribution is -2.58. The number of primary amides is 1. The number of thioether (sulfide) groups is 1. The van der Waals surface area contributed by atoms with Gasteiger partial charge in [-0.05, 0) is 43.8 Å². The van der Waals surface area contributed by atoms with Crippen LogP contribution < -0.4 is 11.1 Å². The van der Waals surface area contributed by atoms with E-state index in [-0.39, 0.29) is 5.91 Å². The van der Waals surface area contributed by atoms with E-state index in [0.717, 1.165) is 43.8 Å². The van der Waals surface area contributed by atoms with Gasteiger partial charge in [0, 0.05) is 18.9 Å². The molecule has 0 radical (unpaired) electrons. The Kier molecular flexibility index (Phi) is 5.54. The van der Waals surface area contributed by atoms with Gasteiger partial charge in [0.2, 0.25) is 5.91 Å². The first-order valence-electron chi connectivity index (χ1n) is 7.33. The van der Waals surface area contributed by atoms with E-state index in [4.69, 9.17) is 10.5 Å². The van der Waals surface area contributed by atoms with Crippen molar-refractivity contribution in [2.45, 2.75) is 50.1 Å². The zero-order valence-electron chi connectivity index (χ0n) is 11.8. The number of nitrogens with two attached hydrogens (primary N) is 1. The first kappa shape index (κ1) is 15.1. The highest BCUT2D eigenvalue weighted by molar-refractivity contribution is 7.99. The third-order valence-corrected chi connectivity index (χ3v) is 5.32. The van der Waals surface area contributed by atoms with E-state index < -0.39 is 5.54 Å². The van der Waals surface area contributed by atoms with E-state index >= 15 is 0 Å². The van der Waals surface area contributed by atoms with E-state index in [2.05, 4.69) is 5.32 Å². The molecule has 3 N–H and O–H groups in total. The van der Waals surface area contributed by atoms with E-state index in [1.807, 2.05) is 11.8 Å². The molecule has 0 heterocycles. The molecule has 2 fully saturated rings. The van der Waals surface area contributed by atoms with Gasteiger partial charge in [-0.3, -0.25) is 4.79 Å². The molecule has 1 amide bonds. The smallest absolute Gasteiger partial charge is 0.238 e. The molecule has 5 heteroatoms. The number of hydrogen-bond acceptors (Lipinski definition) is 4. The molecule has 19 heavy (non-hydrogen) atoms. The maximum Gasteiger partial charge on any atom is 0.238 e. The summed E-state index contributed by atoms with van der Waals surface area (Å²) >= 11 is 1.91. The number of nitrogens with one attached hydrogen (secondary N) is 1. The summed E-state index contributed by atoms with van der Waals surface area (Å²) in [7, 11) is 1.73. The molecule has 0 aromatic rings. The quantitative estimate of drug-likeness (QED) is 0.631. The second kappa shape index (κ2) is 6.95. The number of hydrogen-bond donors (Lipinski definition) is 2. The molecule has 0 aliphatic heterocycles. The molecular weight excluding hydrogens is 260 g/mol. The molecule has 2 aliphatic carbocycles. The van der Waals surface area contributed by atoms with Crippen LogP contribution in [0, 0.1) is 5.92 Å². The Morgan fingerprint density at radius 3 is 2.84 bits per heavy atom. The van der Waals surface area contributed by atoms with Crippen LogP contribution in [0.2, 0.25) is 0 Å². The molecule has 2 saturated carbocycles. The van der Waals surface area contributed by atoms with Gasteiger partial charge in [-0.25, -0.2) is 0 Å². The highest BCUT2D eigenvalue weighted by Crippen LogP contribution is 2.40. The fourth-order valence-electron chi connectivity index (χ4n) is 3.12. The predicted molar refractivity (Wildman–Crippen MR) is 79.2 cm³/mol. The summed E-state index contributed by atoms with van der Waals surface area (Å²) in [6, 6.07) is 0.536. The van der Waals surface area contributed by atoms with Crippen LogP contribution in [-0.2, 0) is 9.53 Å². The van der Waals surface area contributed by atoms with Gasteiger partial charge in [0.1, 0.15) is 5.54 Å². The molecule has 0 spiro atoms. The normalized spacial score (nSPS) is 30.7. The average molecular weight is 286 g/mol. The number of ether oxygens (including phenoxy) is 1. The Balaban J connectivity index is 1.84. The molecule has 2 atom stereocenters. The van der Waals surface area contributed by atoms with Gasteiger partial charge in [0.25, 0.3) is 0 Å². The third kappa shape index (κ3) is 3.86. The number of rotatable bonds is 9. The van der Waals surface area contributed by atoms with Crippen LogP contribution in [0.4, 0.5) is 0 Å². The minimum atomic E-state index is -0.414. The summed E-state index contributed by atoms with van der Waals surface area (Å²) < 4.78 is 5.05. The number of carbonyl (C=O) groups is 1. The lowest BCUT2D eigenvalue weighted by Gasteiger charge is -2.34. The van der Waals surface area contributed by atoms with Crippen molar-refractivity contribution < 1.29 is 9.53 Å². The van der Waals surface area contributed by atoms with E-state index in [0.29, 0.717) is 12.0 Å². The topological polar surface area (TPSA) is 64.3 Å². The Morgan fingerprint density at radius 2 is 2.21 bits per heavy atom. The van der Waals surface area contributed by atoms with Crippen LogP contribution in [-0.4, -0.2) is 42.7 Å². The predicted octanol–water partition coefficient (Wildman–Crippen LogP) is 1.53. The lowest BCUT2D eigenvalue weighted by molar-refractivity contribution is -0.126. The van der Waals surface area contributed by atoms with E-state index in [1.165, 1.54) is 12.8 Å². The molecule has 0 saturated heterocycles. The van der Waals surface area contributed by atoms with Crippen LogP contribution in [0.5, 0.6) is 0 Å². The molecule has 0 aromatic carbocycles. The Labute approximate surface area is 120 Å². The molecule has 2 rings (SSSR count). The minimum absolute atomic E-state index is 0.135. The maximum absolute atomic E-state index is 12.0. The van der Waals surface area contributed by atoms with E-state index in [9.17, 15) is 4.79 Å². The largest absolute Gasteiger partial charge is 0.384 e. The van der Waals surface area contributed by atoms with Crippen molar-refractivity contribution in [1.29, 1.82) is 0 Å². The Bertz CT molecular complexity index is 310. The van der Waals surface area contributed by atoms with Crippen molar-refractivity contribution in [3.63, 3.8) is 0 Å². The zero-order valence-corrected chi connectivity index (χ0v) is 12.6. The Hall–Kier alpha value is -0.260. The average Bonchev–Trinajstić information content (AvgIpc) is 3.09. The van der Waals surface area contributed by atoms with Crippen LogP contribution in [0.1, 0.15) is 38.5 Å². The van der Waals surface area contributed by atoms with Crippen molar-refractivity contribution in [2.75, 3.05) is 25.2 Å². The standard InChI is InChI=1S/C14H26N2O2S/c1-18-8-10-19-9-6-11-3-2-7-14(11,13(15)17)16-12-4-5-12/h11-12,16H,2-10H2,1H3,(H2,15,17). The van der Waals surface area contributed by atoms with Crippen LogP contribution in [0.3, 0.4) is 0 Å². The number of amides is 1. The van der Waals surface area contributed by atoms with Gasteiger partial charge in [-0.2, -0.15) is 11.8 Å². The molecule has 4 nitrogen and oxygen atoms in total. The monoisotopic (exact) mass is 286 g/mol. The second-order valence-electron chi connectivity index (χ2n) is 5.74. The van der Waals surface area contributed by atoms with Crippen molar-refractivity contribution in [1.82, 2.24) is 5.32 Å². The highest BCUT2D eigenvalue weighted by atomic mass is 32.2. The molecule has 0 bridgehead atoms. The van der Waals surface area contributed by atoms with Gasteiger partial charge in [-0.1, -0.05) is 6.42 Å². The van der Waals surface area contributed by atoms with Gasteiger partial charge in [0.05, 0.1) is 6.61 Å². The summed E-state index contributed by atoms with van der Waals surface area (Å²) in [6.45, 7) is 0.802. The van der Waals surface area contributed by atoms with Crippen molar-refractivity contribution >= 4 is 17.7 Å². The molecule has 2 aliphatic rings. The fraction of sp³-hybridized carbons (Fsp3) is 0.929. The van der Waals surface area contributed by atoms with Crippen LogP contribution in [0.15, 0.2) is 0 Å². The minimum Gasteiger partial charge on any atom is -0.384 e. The highest BCUT2D eigenvalue weighted by Gasteiger charge is 2.49. The van der Waals surface area contributed by atoms with Crippen molar-refractivity contribution in [2.24, 2.45) is 11.7 Å². The first-order valence-corrected chi connectivity index (χ1v) is 8.49. The summed E-state index contributed by atoms with van der Waals surface area (Å²) in [5, 5.41) is 3.56. The van der Waals surface area contributed by atoms with Crippen molar-refractivity contribution in [3.8, 4) is 0 Å². The third-order valence-electron chi connectivity index (χ3n) is 4.34. The first-order chi connectivity index (χ1) is 9.19. The molecular formula is C14H26N2O2S. The lowest BCUT2D eigenvalue weighted by atomic mass is 9.84. The van der Waals surface area contributed by atoms with Gasteiger partial charge in [-0.15, -0.1) is 0 Å². The Morgan fingerprint density at radius 1 is 1.42 bits per heavy atom. The number of carbonyl (C=O) groups excluding carboxylic acids is 1. The summed E-state index contributed by atoms with van der Waals surface area (Å²) in [6.07, 6.45) is 6.65. The maximum atomic E-state index is 12.0. The summed E-state index contributed by atoms with van der Waals surface area (Å²) in [4.78, 5) is 12.0. The molecule has 0 aromatic heterocycles. The molecule has 110 valence electrons. The molecule has 2 unspecified atom stereocenters. The summed E-state index contributed by atoms with van der Waals surface area (Å²) in [5.74, 6) is 2.41. The number of methoxy groups -OCH3 is 1. The second-order valence-corrected chi connectivity index (χ2v) is 6.96. The van der Waals surface area contributed by atoms with Gasteiger partial charge in [0.15, 0.2) is 0 Å². The summed E-state index contributed by atoms with van der Waals surface area (Å²) in [5.41, 5.74) is 5.31. The SMILES string of the molecule is COCCSCCC1CCCC1(NC1CC1)C(N)=O.